The molecule has 0 spiro atoms. The molecule has 0 saturated carbocycles. The zero-order valence-corrected chi connectivity index (χ0v) is 9.41. The topological polar surface area (TPSA) is 18.5 Å². The molecule has 15 heavy (non-hydrogen) atoms. The van der Waals surface area contributed by atoms with Gasteiger partial charge in [0.05, 0.1) is 14.2 Å². The van der Waals surface area contributed by atoms with E-state index in [1.807, 2.05) is 25.1 Å². The average molecular weight is 204 g/mol. The van der Waals surface area contributed by atoms with E-state index in [9.17, 15) is 0 Å². The van der Waals surface area contributed by atoms with Crippen LogP contribution in [-0.2, 0) is 6.42 Å². The molecule has 1 aromatic rings. The van der Waals surface area contributed by atoms with Crippen molar-refractivity contribution in [2.24, 2.45) is 5.92 Å². The molecule has 0 bridgehead atoms. The van der Waals surface area contributed by atoms with Gasteiger partial charge in [0.15, 0.2) is 0 Å². The van der Waals surface area contributed by atoms with Crippen molar-refractivity contribution in [2.45, 2.75) is 13.3 Å². The van der Waals surface area contributed by atoms with E-state index >= 15 is 0 Å². The number of rotatable bonds is 4. The maximum Gasteiger partial charge on any atom is 0.122 e. The fraction of sp³-hybridized carbons (Fsp3) is 0.385. The van der Waals surface area contributed by atoms with Crippen LogP contribution in [0, 0.1) is 18.3 Å². The molecule has 0 N–H and O–H groups in total. The van der Waals surface area contributed by atoms with Gasteiger partial charge in [-0.3, -0.25) is 0 Å². The second-order valence-electron chi connectivity index (χ2n) is 3.45. The molecule has 1 unspecified atom stereocenters. The third-order valence-corrected chi connectivity index (χ3v) is 2.30. The van der Waals surface area contributed by atoms with Crippen molar-refractivity contribution in [2.75, 3.05) is 14.2 Å². The Morgan fingerprint density at radius 3 is 2.60 bits per heavy atom. The number of terminal acetylenes is 1. The third kappa shape index (κ3) is 2.92. The summed E-state index contributed by atoms with van der Waals surface area (Å²) in [5.41, 5.74) is 1.09. The van der Waals surface area contributed by atoms with Crippen molar-refractivity contribution in [3.8, 4) is 23.8 Å². The maximum absolute atomic E-state index is 5.36. The molecular formula is C13H16O2. The third-order valence-electron chi connectivity index (χ3n) is 2.30. The van der Waals surface area contributed by atoms with E-state index in [0.29, 0.717) is 0 Å². The molecule has 0 aliphatic rings. The van der Waals surface area contributed by atoms with Crippen LogP contribution in [0.15, 0.2) is 18.2 Å². The first-order valence-corrected chi connectivity index (χ1v) is 4.88. The van der Waals surface area contributed by atoms with Gasteiger partial charge in [-0.15, -0.1) is 12.3 Å². The summed E-state index contributed by atoms with van der Waals surface area (Å²) >= 11 is 0. The molecule has 2 heteroatoms. The van der Waals surface area contributed by atoms with Gasteiger partial charge in [0.1, 0.15) is 11.5 Å². The molecule has 0 heterocycles. The predicted molar refractivity (Wildman–Crippen MR) is 61.2 cm³/mol. The number of ether oxygens (including phenoxy) is 2. The van der Waals surface area contributed by atoms with Gasteiger partial charge < -0.3 is 9.47 Å². The summed E-state index contributed by atoms with van der Waals surface area (Å²) in [7, 11) is 3.31. The van der Waals surface area contributed by atoms with Crippen LogP contribution in [0.25, 0.3) is 0 Å². The standard InChI is InChI=1S/C13H16O2/c1-5-10(2)8-11-9-12(14-3)6-7-13(11)15-4/h1,6-7,9-10H,8H2,2-4H3. The van der Waals surface area contributed by atoms with Crippen molar-refractivity contribution in [3.05, 3.63) is 23.8 Å². The Morgan fingerprint density at radius 2 is 2.07 bits per heavy atom. The summed E-state index contributed by atoms with van der Waals surface area (Å²) in [6.07, 6.45) is 6.16. The molecule has 0 aromatic heterocycles. The summed E-state index contributed by atoms with van der Waals surface area (Å²) in [6.45, 7) is 2.01. The van der Waals surface area contributed by atoms with Crippen molar-refractivity contribution in [1.82, 2.24) is 0 Å². The molecule has 0 saturated heterocycles. The Hall–Kier alpha value is -1.62. The number of benzene rings is 1. The molecule has 2 nitrogen and oxygen atoms in total. The van der Waals surface area contributed by atoms with Gasteiger partial charge in [-0.2, -0.15) is 0 Å². The first-order chi connectivity index (χ1) is 7.21. The Labute approximate surface area is 91.2 Å². The number of hydrogen-bond donors (Lipinski definition) is 0. The molecular weight excluding hydrogens is 188 g/mol. The minimum absolute atomic E-state index is 0.200. The highest BCUT2D eigenvalue weighted by molar-refractivity contribution is 5.40. The van der Waals surface area contributed by atoms with Gasteiger partial charge in [0, 0.05) is 5.92 Å². The van der Waals surface area contributed by atoms with Crippen molar-refractivity contribution in [3.63, 3.8) is 0 Å². The fourth-order valence-corrected chi connectivity index (χ4v) is 1.43. The normalized spacial score (nSPS) is 11.6. The summed E-state index contributed by atoms with van der Waals surface area (Å²) in [4.78, 5) is 0. The van der Waals surface area contributed by atoms with E-state index in [1.54, 1.807) is 14.2 Å². The van der Waals surface area contributed by atoms with E-state index < -0.39 is 0 Å². The quantitative estimate of drug-likeness (QED) is 0.702. The van der Waals surface area contributed by atoms with E-state index in [2.05, 4.69) is 5.92 Å². The van der Waals surface area contributed by atoms with Gasteiger partial charge in [0.25, 0.3) is 0 Å². The molecule has 0 radical (unpaired) electrons. The van der Waals surface area contributed by atoms with E-state index in [0.717, 1.165) is 23.5 Å². The van der Waals surface area contributed by atoms with Gasteiger partial charge in [-0.05, 0) is 30.2 Å². The minimum atomic E-state index is 0.200. The van der Waals surface area contributed by atoms with Crippen LogP contribution in [0.5, 0.6) is 11.5 Å². The van der Waals surface area contributed by atoms with E-state index in [4.69, 9.17) is 15.9 Å². The molecule has 1 aromatic carbocycles. The molecule has 1 rings (SSSR count). The van der Waals surface area contributed by atoms with Gasteiger partial charge in [-0.1, -0.05) is 6.92 Å². The summed E-state index contributed by atoms with van der Waals surface area (Å²) in [5, 5.41) is 0. The second kappa shape index (κ2) is 5.31. The van der Waals surface area contributed by atoms with E-state index in [1.165, 1.54) is 0 Å². The van der Waals surface area contributed by atoms with E-state index in [-0.39, 0.29) is 5.92 Å². The lowest BCUT2D eigenvalue weighted by molar-refractivity contribution is 0.397. The average Bonchev–Trinajstić information content (AvgIpc) is 2.28. The second-order valence-corrected chi connectivity index (χ2v) is 3.45. The van der Waals surface area contributed by atoms with Gasteiger partial charge in [-0.25, -0.2) is 0 Å². The monoisotopic (exact) mass is 204 g/mol. The minimum Gasteiger partial charge on any atom is -0.497 e. The lowest BCUT2D eigenvalue weighted by Gasteiger charge is -2.11. The lowest BCUT2D eigenvalue weighted by Crippen LogP contribution is -1.99. The van der Waals surface area contributed by atoms with Crippen molar-refractivity contribution < 1.29 is 9.47 Å². The van der Waals surface area contributed by atoms with Crippen LogP contribution in [0.3, 0.4) is 0 Å². The molecule has 0 aliphatic heterocycles. The summed E-state index contributed by atoms with van der Waals surface area (Å²) in [6, 6.07) is 5.74. The smallest absolute Gasteiger partial charge is 0.122 e. The van der Waals surface area contributed by atoms with Crippen molar-refractivity contribution >= 4 is 0 Å². The van der Waals surface area contributed by atoms with Crippen LogP contribution in [0.2, 0.25) is 0 Å². The molecule has 80 valence electrons. The number of methoxy groups -OCH3 is 2. The molecule has 0 amide bonds. The van der Waals surface area contributed by atoms with Crippen LogP contribution in [0.4, 0.5) is 0 Å². The fourth-order valence-electron chi connectivity index (χ4n) is 1.43. The predicted octanol–water partition coefficient (Wildman–Crippen LogP) is 2.52. The van der Waals surface area contributed by atoms with Gasteiger partial charge in [0.2, 0.25) is 0 Å². The Morgan fingerprint density at radius 1 is 1.33 bits per heavy atom. The summed E-state index contributed by atoms with van der Waals surface area (Å²) in [5.74, 6) is 4.59. The highest BCUT2D eigenvalue weighted by Gasteiger charge is 2.07. The Bertz CT molecular complexity index is 363. The van der Waals surface area contributed by atoms with Crippen LogP contribution >= 0.6 is 0 Å². The van der Waals surface area contributed by atoms with Crippen LogP contribution in [0.1, 0.15) is 12.5 Å². The molecule has 0 aliphatic carbocycles. The zero-order chi connectivity index (χ0) is 11.3. The Balaban J connectivity index is 2.97. The SMILES string of the molecule is C#CC(C)Cc1cc(OC)ccc1OC. The highest BCUT2D eigenvalue weighted by atomic mass is 16.5. The largest absolute Gasteiger partial charge is 0.497 e. The molecule has 0 fully saturated rings. The number of hydrogen-bond acceptors (Lipinski definition) is 2. The Kier molecular flexibility index (Phi) is 4.05. The first-order valence-electron chi connectivity index (χ1n) is 4.88. The van der Waals surface area contributed by atoms with Gasteiger partial charge >= 0.3 is 0 Å². The first kappa shape index (κ1) is 11.5. The highest BCUT2D eigenvalue weighted by Crippen LogP contribution is 2.26. The van der Waals surface area contributed by atoms with Crippen LogP contribution in [-0.4, -0.2) is 14.2 Å². The van der Waals surface area contributed by atoms with Crippen LogP contribution < -0.4 is 9.47 Å². The zero-order valence-electron chi connectivity index (χ0n) is 9.41. The lowest BCUT2D eigenvalue weighted by atomic mass is 10.0. The molecule has 1 atom stereocenters. The summed E-state index contributed by atoms with van der Waals surface area (Å²) < 4.78 is 10.4. The van der Waals surface area contributed by atoms with Crippen molar-refractivity contribution in [1.29, 1.82) is 0 Å². The maximum atomic E-state index is 5.36.